The monoisotopic (exact) mass is 339 g/mol. The summed E-state index contributed by atoms with van der Waals surface area (Å²) >= 11 is 0. The first-order valence-corrected chi connectivity index (χ1v) is 7.77. The molecule has 1 saturated heterocycles. The van der Waals surface area contributed by atoms with Crippen LogP contribution in [-0.4, -0.2) is 39.3 Å². The minimum Gasteiger partial charge on any atom is -0.393 e. The molecule has 1 aliphatic heterocycles. The van der Waals surface area contributed by atoms with Gasteiger partial charge in [0.15, 0.2) is 5.69 Å². The summed E-state index contributed by atoms with van der Waals surface area (Å²) in [6, 6.07) is 1.20. The second-order valence-corrected chi connectivity index (χ2v) is 6.14. The lowest BCUT2D eigenvalue weighted by Gasteiger charge is -2.35. The number of piperidine rings is 1. The number of aliphatic hydroxyl groups is 2. The van der Waals surface area contributed by atoms with Gasteiger partial charge in [0, 0.05) is 30.6 Å². The molecule has 2 rings (SSSR count). The topological polar surface area (TPSA) is 130 Å². The van der Waals surface area contributed by atoms with Gasteiger partial charge in [0.2, 0.25) is 0 Å². The Bertz CT molecular complexity index is 661. The summed E-state index contributed by atoms with van der Waals surface area (Å²) in [6.07, 6.45) is 0.859. The molecule has 0 bridgehead atoms. The van der Waals surface area contributed by atoms with Crippen LogP contribution in [-0.2, 0) is 6.61 Å². The molecule has 0 saturated carbocycles. The highest BCUT2D eigenvalue weighted by Crippen LogP contribution is 2.43. The Labute approximate surface area is 138 Å². The summed E-state index contributed by atoms with van der Waals surface area (Å²) in [5.41, 5.74) is -0.379. The lowest BCUT2D eigenvalue weighted by atomic mass is 9.92. The molecule has 2 N–H and O–H groups in total. The Morgan fingerprint density at radius 2 is 2.04 bits per heavy atom. The number of anilines is 1. The van der Waals surface area contributed by atoms with Gasteiger partial charge >= 0.3 is 5.69 Å². The first-order chi connectivity index (χ1) is 11.3. The zero-order valence-corrected chi connectivity index (χ0v) is 13.6. The minimum atomic E-state index is -0.660. The summed E-state index contributed by atoms with van der Waals surface area (Å²) in [5, 5.41) is 42.2. The van der Waals surface area contributed by atoms with Crippen molar-refractivity contribution in [1.29, 1.82) is 0 Å². The zero-order valence-electron chi connectivity index (χ0n) is 13.6. The highest BCUT2D eigenvalue weighted by atomic mass is 16.6. The van der Waals surface area contributed by atoms with E-state index in [1.807, 2.05) is 0 Å². The number of nitro groups is 2. The minimum absolute atomic E-state index is 0.0370. The van der Waals surface area contributed by atoms with E-state index >= 15 is 0 Å². The Morgan fingerprint density at radius 1 is 1.38 bits per heavy atom. The fourth-order valence-corrected chi connectivity index (χ4v) is 3.24. The van der Waals surface area contributed by atoms with Crippen molar-refractivity contribution < 1.29 is 20.1 Å². The number of aliphatic hydroxyl groups excluding tert-OH is 2. The summed E-state index contributed by atoms with van der Waals surface area (Å²) in [7, 11) is 0. The molecule has 1 aliphatic rings. The zero-order chi connectivity index (χ0) is 18.0. The van der Waals surface area contributed by atoms with Gasteiger partial charge in [-0.1, -0.05) is 0 Å². The number of hydrogen-bond acceptors (Lipinski definition) is 7. The summed E-state index contributed by atoms with van der Waals surface area (Å²) in [5.74, 6) is -0.101. The molecule has 0 amide bonds. The van der Waals surface area contributed by atoms with Crippen molar-refractivity contribution in [1.82, 2.24) is 0 Å². The summed E-state index contributed by atoms with van der Waals surface area (Å²) in [4.78, 5) is 23.3. The largest absolute Gasteiger partial charge is 0.393 e. The van der Waals surface area contributed by atoms with Crippen molar-refractivity contribution in [3.05, 3.63) is 37.4 Å². The van der Waals surface area contributed by atoms with Crippen molar-refractivity contribution in [2.45, 2.75) is 39.4 Å². The van der Waals surface area contributed by atoms with E-state index in [0.717, 1.165) is 6.42 Å². The SMILES string of the molecule is Cc1c(CO)cc([N+](=O)[O-])c(N2CCCC(C(C)O)C2)c1[N+](=O)[O-]. The van der Waals surface area contributed by atoms with Crippen LogP contribution in [0.5, 0.6) is 0 Å². The highest BCUT2D eigenvalue weighted by molar-refractivity contribution is 5.79. The van der Waals surface area contributed by atoms with Crippen LogP contribution in [0.4, 0.5) is 17.1 Å². The average Bonchev–Trinajstić information content (AvgIpc) is 2.53. The van der Waals surface area contributed by atoms with Crippen molar-refractivity contribution in [2.75, 3.05) is 18.0 Å². The number of hydrogen-bond donors (Lipinski definition) is 2. The van der Waals surface area contributed by atoms with Gasteiger partial charge in [-0.3, -0.25) is 20.2 Å². The molecule has 0 aliphatic carbocycles. The number of rotatable bonds is 5. The molecule has 9 heteroatoms. The third-order valence-electron chi connectivity index (χ3n) is 4.62. The van der Waals surface area contributed by atoms with E-state index in [9.17, 15) is 30.4 Å². The predicted molar refractivity (Wildman–Crippen MR) is 87.0 cm³/mol. The molecule has 1 heterocycles. The van der Waals surface area contributed by atoms with E-state index in [2.05, 4.69) is 0 Å². The number of benzene rings is 1. The van der Waals surface area contributed by atoms with Crippen molar-refractivity contribution in [3.63, 3.8) is 0 Å². The fraction of sp³-hybridized carbons (Fsp3) is 0.600. The molecule has 1 aromatic rings. The maximum atomic E-state index is 11.6. The van der Waals surface area contributed by atoms with E-state index in [1.54, 1.807) is 11.8 Å². The van der Waals surface area contributed by atoms with Crippen molar-refractivity contribution in [2.24, 2.45) is 5.92 Å². The summed E-state index contributed by atoms with van der Waals surface area (Å²) < 4.78 is 0. The lowest BCUT2D eigenvalue weighted by Crippen LogP contribution is -2.40. The van der Waals surface area contributed by atoms with Crippen LogP contribution in [0.1, 0.15) is 30.9 Å². The van der Waals surface area contributed by atoms with Gasteiger partial charge in [0.05, 0.1) is 22.6 Å². The van der Waals surface area contributed by atoms with Gasteiger partial charge < -0.3 is 15.1 Å². The van der Waals surface area contributed by atoms with E-state index in [-0.39, 0.29) is 34.1 Å². The molecule has 2 unspecified atom stereocenters. The van der Waals surface area contributed by atoms with Crippen LogP contribution in [0.15, 0.2) is 6.07 Å². The fourth-order valence-electron chi connectivity index (χ4n) is 3.24. The normalized spacial score (nSPS) is 19.2. The van der Waals surface area contributed by atoms with Gasteiger partial charge in [-0.15, -0.1) is 0 Å². The molecule has 0 radical (unpaired) electrons. The molecule has 132 valence electrons. The van der Waals surface area contributed by atoms with Crippen LogP contribution >= 0.6 is 0 Å². The molecule has 9 nitrogen and oxygen atoms in total. The van der Waals surface area contributed by atoms with Gasteiger partial charge in [-0.2, -0.15) is 0 Å². The first-order valence-electron chi connectivity index (χ1n) is 7.77. The second kappa shape index (κ2) is 7.10. The molecule has 24 heavy (non-hydrogen) atoms. The molecule has 1 fully saturated rings. The molecule has 1 aromatic carbocycles. The highest BCUT2D eigenvalue weighted by Gasteiger charge is 2.36. The summed E-state index contributed by atoms with van der Waals surface area (Å²) in [6.45, 7) is 3.38. The smallest absolute Gasteiger partial charge is 0.302 e. The van der Waals surface area contributed by atoms with Crippen LogP contribution in [0, 0.1) is 33.1 Å². The van der Waals surface area contributed by atoms with Gasteiger partial charge in [0.1, 0.15) is 0 Å². The Balaban J connectivity index is 2.64. The van der Waals surface area contributed by atoms with E-state index in [1.165, 1.54) is 13.0 Å². The molecule has 2 atom stereocenters. The quantitative estimate of drug-likeness (QED) is 0.619. The predicted octanol–water partition coefficient (Wildman–Crippen LogP) is 1.90. The van der Waals surface area contributed by atoms with E-state index in [0.29, 0.717) is 19.5 Å². The lowest BCUT2D eigenvalue weighted by molar-refractivity contribution is -0.393. The van der Waals surface area contributed by atoms with Gasteiger partial charge in [-0.25, -0.2) is 0 Å². The maximum absolute atomic E-state index is 11.6. The van der Waals surface area contributed by atoms with Crippen molar-refractivity contribution >= 4 is 17.1 Å². The van der Waals surface area contributed by atoms with Crippen LogP contribution in [0.25, 0.3) is 0 Å². The van der Waals surface area contributed by atoms with Crippen LogP contribution in [0.3, 0.4) is 0 Å². The Hall–Kier alpha value is -2.26. The molecule has 0 aromatic heterocycles. The Morgan fingerprint density at radius 3 is 2.54 bits per heavy atom. The van der Waals surface area contributed by atoms with Gasteiger partial charge in [0.25, 0.3) is 5.69 Å². The molecular formula is C15H21N3O6. The number of nitrogens with zero attached hydrogens (tertiary/aromatic N) is 3. The van der Waals surface area contributed by atoms with Gasteiger partial charge in [-0.05, 0) is 32.3 Å². The van der Waals surface area contributed by atoms with E-state index < -0.39 is 22.6 Å². The van der Waals surface area contributed by atoms with E-state index in [4.69, 9.17) is 0 Å². The average molecular weight is 339 g/mol. The standard InChI is InChI=1S/C15H21N3O6/c1-9-12(8-19)6-13(17(21)22)15(14(9)18(23)24)16-5-3-4-11(7-16)10(2)20/h6,10-11,19-20H,3-5,7-8H2,1-2H3. The van der Waals surface area contributed by atoms with Crippen LogP contribution < -0.4 is 4.90 Å². The molecule has 0 spiro atoms. The third kappa shape index (κ3) is 3.31. The Kier molecular flexibility index (Phi) is 5.35. The number of nitro benzene ring substituents is 2. The third-order valence-corrected chi connectivity index (χ3v) is 4.62. The first kappa shape index (κ1) is 18.1. The van der Waals surface area contributed by atoms with Crippen LogP contribution in [0.2, 0.25) is 0 Å². The maximum Gasteiger partial charge on any atom is 0.302 e. The second-order valence-electron chi connectivity index (χ2n) is 6.14. The van der Waals surface area contributed by atoms with Crippen molar-refractivity contribution in [3.8, 4) is 0 Å². The molecular weight excluding hydrogens is 318 g/mol.